The topological polar surface area (TPSA) is 63.0 Å². The van der Waals surface area contributed by atoms with Crippen molar-refractivity contribution < 1.29 is 24.1 Å². The van der Waals surface area contributed by atoms with Crippen molar-refractivity contribution in [1.29, 1.82) is 0 Å². The minimum atomic E-state index is 0.113. The van der Waals surface area contributed by atoms with Crippen molar-refractivity contribution in [2.24, 2.45) is 0 Å². The van der Waals surface area contributed by atoms with Crippen LogP contribution in [0.2, 0.25) is 0 Å². The molecule has 0 aliphatic heterocycles. The molecule has 0 amide bonds. The number of ether oxygens (including phenoxy) is 2. The van der Waals surface area contributed by atoms with Crippen molar-refractivity contribution in [3.63, 3.8) is 0 Å². The SMILES string of the molecule is COc1cc(OC)c2c(O)c[n+]3c4ccc(O)cc4ccc3c2c1. The molecule has 120 valence electrons. The van der Waals surface area contributed by atoms with Crippen molar-refractivity contribution in [2.75, 3.05) is 14.2 Å². The van der Waals surface area contributed by atoms with Crippen LogP contribution in [0.25, 0.3) is 27.2 Å². The normalized spacial score (nSPS) is 11.2. The van der Waals surface area contributed by atoms with Gasteiger partial charge in [-0.15, -0.1) is 0 Å². The largest absolute Gasteiger partial charge is 0.508 e. The average molecular weight is 322 g/mol. The van der Waals surface area contributed by atoms with Crippen LogP contribution in [-0.2, 0) is 0 Å². The van der Waals surface area contributed by atoms with Crippen LogP contribution in [0.4, 0.5) is 0 Å². The number of nitrogens with zero attached hydrogens (tertiary/aromatic N) is 1. The van der Waals surface area contributed by atoms with Crippen LogP contribution < -0.4 is 13.9 Å². The molecule has 4 rings (SSSR count). The number of benzene rings is 2. The molecule has 0 bridgehead atoms. The van der Waals surface area contributed by atoms with Gasteiger partial charge in [-0.1, -0.05) is 0 Å². The Morgan fingerprint density at radius 3 is 2.42 bits per heavy atom. The van der Waals surface area contributed by atoms with Gasteiger partial charge in [0.25, 0.3) is 0 Å². The molecule has 0 fully saturated rings. The van der Waals surface area contributed by atoms with Gasteiger partial charge in [0.05, 0.1) is 30.4 Å². The zero-order valence-electron chi connectivity index (χ0n) is 13.3. The van der Waals surface area contributed by atoms with Crippen LogP contribution in [0.3, 0.4) is 0 Å². The fourth-order valence-corrected chi connectivity index (χ4v) is 3.15. The van der Waals surface area contributed by atoms with Gasteiger partial charge in [0, 0.05) is 18.2 Å². The zero-order chi connectivity index (χ0) is 16.8. The van der Waals surface area contributed by atoms with Gasteiger partial charge in [0.1, 0.15) is 17.2 Å². The summed E-state index contributed by atoms with van der Waals surface area (Å²) in [4.78, 5) is 0. The molecule has 0 spiro atoms. The van der Waals surface area contributed by atoms with Crippen LogP contribution in [0, 0.1) is 0 Å². The van der Waals surface area contributed by atoms with Gasteiger partial charge in [-0.05, 0) is 24.3 Å². The van der Waals surface area contributed by atoms with Gasteiger partial charge in [0.15, 0.2) is 5.75 Å². The third-order valence-corrected chi connectivity index (χ3v) is 4.27. The summed E-state index contributed by atoms with van der Waals surface area (Å²) in [6.07, 6.45) is 1.66. The van der Waals surface area contributed by atoms with Crippen LogP contribution in [0.15, 0.2) is 48.7 Å². The van der Waals surface area contributed by atoms with Gasteiger partial charge in [-0.2, -0.15) is 4.40 Å². The van der Waals surface area contributed by atoms with E-state index in [0.717, 1.165) is 21.8 Å². The van der Waals surface area contributed by atoms with E-state index in [9.17, 15) is 10.2 Å². The Labute approximate surface area is 137 Å². The summed E-state index contributed by atoms with van der Waals surface area (Å²) in [5.41, 5.74) is 1.78. The number of phenolic OH excluding ortho intramolecular Hbond substituents is 1. The maximum absolute atomic E-state index is 10.6. The predicted octanol–water partition coefficient (Wildman–Crippen LogP) is 3.16. The Bertz CT molecular complexity index is 1110. The molecule has 2 aromatic carbocycles. The highest BCUT2D eigenvalue weighted by molar-refractivity contribution is 6.02. The summed E-state index contributed by atoms with van der Waals surface area (Å²) < 4.78 is 12.7. The van der Waals surface area contributed by atoms with Gasteiger partial charge in [-0.25, -0.2) is 0 Å². The third kappa shape index (κ3) is 1.98. The van der Waals surface area contributed by atoms with Crippen LogP contribution in [0.5, 0.6) is 23.0 Å². The Morgan fingerprint density at radius 1 is 0.875 bits per heavy atom. The lowest BCUT2D eigenvalue weighted by atomic mass is 10.1. The fraction of sp³-hybridized carbons (Fsp3) is 0.105. The van der Waals surface area contributed by atoms with Crippen LogP contribution >= 0.6 is 0 Å². The monoisotopic (exact) mass is 322 g/mol. The zero-order valence-corrected chi connectivity index (χ0v) is 13.3. The Morgan fingerprint density at radius 2 is 1.67 bits per heavy atom. The number of aromatic hydroxyl groups is 2. The molecule has 0 radical (unpaired) electrons. The molecule has 0 atom stereocenters. The van der Waals surface area contributed by atoms with E-state index in [1.165, 1.54) is 0 Å². The first kappa shape index (κ1) is 14.4. The summed E-state index contributed by atoms with van der Waals surface area (Å²) in [6.45, 7) is 0. The molecule has 0 aliphatic carbocycles. The first-order valence-electron chi connectivity index (χ1n) is 7.47. The van der Waals surface area contributed by atoms with Crippen molar-refractivity contribution in [1.82, 2.24) is 0 Å². The molecule has 2 N–H and O–H groups in total. The number of pyridine rings is 2. The molecule has 24 heavy (non-hydrogen) atoms. The standard InChI is InChI=1S/C19H15NO4/c1-23-13-8-14-16-5-3-11-7-12(21)4-6-15(11)20(16)10-17(22)19(14)18(9-13)24-2/h3-10H,1-2H3,(H-,21,22)/p+1. The number of rotatable bonds is 2. The average Bonchev–Trinajstić information content (AvgIpc) is 2.60. The number of hydrogen-bond donors (Lipinski definition) is 2. The van der Waals surface area contributed by atoms with Gasteiger partial charge in [0.2, 0.25) is 17.2 Å². The summed E-state index contributed by atoms with van der Waals surface area (Å²) in [7, 11) is 3.16. The second-order valence-corrected chi connectivity index (χ2v) is 5.60. The van der Waals surface area contributed by atoms with E-state index in [1.54, 1.807) is 38.6 Å². The molecule has 0 saturated carbocycles. The van der Waals surface area contributed by atoms with Gasteiger partial charge in [-0.3, -0.25) is 0 Å². The minimum Gasteiger partial charge on any atom is -0.508 e. The first-order valence-corrected chi connectivity index (χ1v) is 7.47. The van der Waals surface area contributed by atoms with E-state index < -0.39 is 0 Å². The third-order valence-electron chi connectivity index (χ3n) is 4.27. The molecule has 4 aromatic rings. The van der Waals surface area contributed by atoms with E-state index in [0.29, 0.717) is 16.9 Å². The highest BCUT2D eigenvalue weighted by Crippen LogP contribution is 2.38. The van der Waals surface area contributed by atoms with Crippen molar-refractivity contribution in [2.45, 2.75) is 0 Å². The van der Waals surface area contributed by atoms with Crippen molar-refractivity contribution in [3.05, 3.63) is 48.7 Å². The Balaban J connectivity index is 2.23. The Kier molecular flexibility index (Phi) is 3.09. The van der Waals surface area contributed by atoms with Crippen LogP contribution in [-0.4, -0.2) is 24.4 Å². The summed E-state index contributed by atoms with van der Waals surface area (Å²) in [6, 6.07) is 12.6. The van der Waals surface area contributed by atoms with Gasteiger partial charge < -0.3 is 19.7 Å². The van der Waals surface area contributed by atoms with E-state index >= 15 is 0 Å². The second kappa shape index (κ2) is 5.16. The second-order valence-electron chi connectivity index (χ2n) is 5.60. The van der Waals surface area contributed by atoms with E-state index in [-0.39, 0.29) is 11.5 Å². The van der Waals surface area contributed by atoms with E-state index in [4.69, 9.17) is 9.47 Å². The molecule has 2 heterocycles. The lowest BCUT2D eigenvalue weighted by Crippen LogP contribution is -2.22. The smallest absolute Gasteiger partial charge is 0.219 e. The molecule has 0 aliphatic rings. The first-order chi connectivity index (χ1) is 11.6. The van der Waals surface area contributed by atoms with Crippen molar-refractivity contribution >= 4 is 27.2 Å². The molecule has 2 aromatic heterocycles. The minimum absolute atomic E-state index is 0.113. The van der Waals surface area contributed by atoms with E-state index in [2.05, 4.69) is 0 Å². The number of fused-ring (bicyclic) bond motifs is 5. The highest BCUT2D eigenvalue weighted by Gasteiger charge is 2.20. The number of aromatic nitrogens is 1. The fourth-order valence-electron chi connectivity index (χ4n) is 3.15. The molecule has 0 saturated heterocycles. The lowest BCUT2D eigenvalue weighted by molar-refractivity contribution is -0.481. The summed E-state index contributed by atoms with van der Waals surface area (Å²) in [5, 5.41) is 22.6. The Hall–Kier alpha value is -3.21. The molecular weight excluding hydrogens is 306 g/mol. The molecule has 0 unspecified atom stereocenters. The van der Waals surface area contributed by atoms with Crippen LogP contribution in [0.1, 0.15) is 0 Å². The van der Waals surface area contributed by atoms with Gasteiger partial charge >= 0.3 is 0 Å². The highest BCUT2D eigenvalue weighted by atomic mass is 16.5. The lowest BCUT2D eigenvalue weighted by Gasteiger charge is -2.10. The maximum Gasteiger partial charge on any atom is 0.219 e. The number of phenols is 1. The molecular formula is C19H16NO4+. The predicted molar refractivity (Wildman–Crippen MR) is 91.0 cm³/mol. The number of methoxy groups -OCH3 is 2. The quantitative estimate of drug-likeness (QED) is 0.439. The van der Waals surface area contributed by atoms with E-state index in [1.807, 2.05) is 28.7 Å². The maximum atomic E-state index is 10.6. The molecule has 5 heteroatoms. The summed E-state index contributed by atoms with van der Waals surface area (Å²) >= 11 is 0. The van der Waals surface area contributed by atoms with Crippen molar-refractivity contribution in [3.8, 4) is 23.0 Å². The molecule has 5 nitrogen and oxygen atoms in total. The summed E-state index contributed by atoms with van der Waals surface area (Å²) in [5.74, 6) is 1.52. The number of hydrogen-bond acceptors (Lipinski definition) is 4.